The van der Waals surface area contributed by atoms with E-state index in [0.717, 1.165) is 31.0 Å². The molecule has 0 radical (unpaired) electrons. The average Bonchev–Trinajstić information content (AvgIpc) is 2.29. The lowest BCUT2D eigenvalue weighted by Gasteiger charge is -2.35. The number of anilines is 1. The quantitative estimate of drug-likeness (QED) is 0.868. The highest BCUT2D eigenvalue weighted by atomic mass is 15.2. The second-order valence-electron chi connectivity index (χ2n) is 4.94. The molecule has 0 amide bonds. The Labute approximate surface area is 104 Å². The summed E-state index contributed by atoms with van der Waals surface area (Å²) in [6.45, 7) is 9.69. The SMILES string of the molecule is CCCC1CN(c2ccc(C)nc2C)CCN1. The molecular formula is C14H23N3. The van der Waals surface area contributed by atoms with Gasteiger partial charge < -0.3 is 10.2 Å². The lowest BCUT2D eigenvalue weighted by molar-refractivity contribution is 0.430. The van der Waals surface area contributed by atoms with Gasteiger partial charge in [0, 0.05) is 31.4 Å². The van der Waals surface area contributed by atoms with Gasteiger partial charge in [-0.2, -0.15) is 0 Å². The highest BCUT2D eigenvalue weighted by molar-refractivity contribution is 5.51. The van der Waals surface area contributed by atoms with Crippen molar-refractivity contribution >= 4 is 5.69 Å². The minimum Gasteiger partial charge on any atom is -0.367 e. The first-order chi connectivity index (χ1) is 8.20. The van der Waals surface area contributed by atoms with E-state index < -0.39 is 0 Å². The number of hydrogen-bond donors (Lipinski definition) is 1. The second-order valence-corrected chi connectivity index (χ2v) is 4.94. The third-order valence-electron chi connectivity index (χ3n) is 3.43. The first-order valence-corrected chi connectivity index (χ1v) is 6.63. The van der Waals surface area contributed by atoms with E-state index in [-0.39, 0.29) is 0 Å². The van der Waals surface area contributed by atoms with Crippen LogP contribution in [0.4, 0.5) is 5.69 Å². The monoisotopic (exact) mass is 233 g/mol. The summed E-state index contributed by atoms with van der Waals surface area (Å²) in [7, 11) is 0. The number of pyridine rings is 1. The lowest BCUT2D eigenvalue weighted by Crippen LogP contribution is -2.50. The van der Waals surface area contributed by atoms with Gasteiger partial charge in [0.15, 0.2) is 0 Å². The number of aryl methyl sites for hydroxylation is 2. The molecular weight excluding hydrogens is 210 g/mol. The predicted molar refractivity (Wildman–Crippen MR) is 72.6 cm³/mol. The highest BCUT2D eigenvalue weighted by Gasteiger charge is 2.20. The second kappa shape index (κ2) is 5.50. The fourth-order valence-electron chi connectivity index (χ4n) is 2.60. The first kappa shape index (κ1) is 12.4. The van der Waals surface area contributed by atoms with E-state index in [1.807, 2.05) is 0 Å². The maximum Gasteiger partial charge on any atom is 0.0608 e. The summed E-state index contributed by atoms with van der Waals surface area (Å²) in [4.78, 5) is 7.03. The van der Waals surface area contributed by atoms with Gasteiger partial charge in [0.05, 0.1) is 11.4 Å². The van der Waals surface area contributed by atoms with Crippen LogP contribution in [0.25, 0.3) is 0 Å². The molecule has 1 fully saturated rings. The van der Waals surface area contributed by atoms with Crippen LogP contribution in [0.5, 0.6) is 0 Å². The van der Waals surface area contributed by atoms with Gasteiger partial charge in [0.1, 0.15) is 0 Å². The van der Waals surface area contributed by atoms with E-state index >= 15 is 0 Å². The van der Waals surface area contributed by atoms with Crippen LogP contribution in [0.2, 0.25) is 0 Å². The number of rotatable bonds is 3. The third kappa shape index (κ3) is 2.97. The summed E-state index contributed by atoms with van der Waals surface area (Å²) < 4.78 is 0. The van der Waals surface area contributed by atoms with Crippen molar-refractivity contribution in [2.75, 3.05) is 24.5 Å². The number of aromatic nitrogens is 1. The van der Waals surface area contributed by atoms with E-state index in [1.165, 1.54) is 18.5 Å². The molecule has 1 unspecified atom stereocenters. The Morgan fingerprint density at radius 2 is 2.24 bits per heavy atom. The Morgan fingerprint density at radius 3 is 2.94 bits per heavy atom. The van der Waals surface area contributed by atoms with Gasteiger partial charge >= 0.3 is 0 Å². The van der Waals surface area contributed by atoms with Gasteiger partial charge in [-0.05, 0) is 32.4 Å². The molecule has 1 aromatic heterocycles. The number of nitrogens with zero attached hydrogens (tertiary/aromatic N) is 2. The van der Waals surface area contributed by atoms with Gasteiger partial charge in [0.25, 0.3) is 0 Å². The van der Waals surface area contributed by atoms with Crippen molar-refractivity contribution in [3.63, 3.8) is 0 Å². The molecule has 0 saturated carbocycles. The van der Waals surface area contributed by atoms with E-state index in [2.05, 4.69) is 48.1 Å². The zero-order valence-corrected chi connectivity index (χ0v) is 11.2. The predicted octanol–water partition coefficient (Wildman–Crippen LogP) is 2.28. The summed E-state index contributed by atoms with van der Waals surface area (Å²) in [6, 6.07) is 4.96. The van der Waals surface area contributed by atoms with E-state index in [1.54, 1.807) is 0 Å². The number of nitrogens with one attached hydrogen (secondary N) is 1. The summed E-state index contributed by atoms with van der Waals surface area (Å²) in [6.07, 6.45) is 2.51. The molecule has 0 aromatic carbocycles. The molecule has 0 aliphatic carbocycles. The summed E-state index contributed by atoms with van der Waals surface area (Å²) in [5.41, 5.74) is 3.56. The van der Waals surface area contributed by atoms with E-state index in [9.17, 15) is 0 Å². The first-order valence-electron chi connectivity index (χ1n) is 6.63. The molecule has 1 saturated heterocycles. The topological polar surface area (TPSA) is 28.2 Å². The molecule has 94 valence electrons. The van der Waals surface area contributed by atoms with Crippen LogP contribution in [0, 0.1) is 13.8 Å². The Hall–Kier alpha value is -1.09. The van der Waals surface area contributed by atoms with Gasteiger partial charge in [0.2, 0.25) is 0 Å². The maximum atomic E-state index is 4.56. The van der Waals surface area contributed by atoms with Crippen molar-refractivity contribution in [2.24, 2.45) is 0 Å². The van der Waals surface area contributed by atoms with Gasteiger partial charge in [-0.1, -0.05) is 13.3 Å². The fraction of sp³-hybridized carbons (Fsp3) is 0.643. The van der Waals surface area contributed by atoms with Crippen molar-refractivity contribution < 1.29 is 0 Å². The molecule has 2 rings (SSSR count). The zero-order valence-electron chi connectivity index (χ0n) is 11.2. The van der Waals surface area contributed by atoms with Crippen molar-refractivity contribution in [2.45, 2.75) is 39.7 Å². The molecule has 3 nitrogen and oxygen atoms in total. The Balaban J connectivity index is 2.10. The molecule has 2 heterocycles. The summed E-state index contributed by atoms with van der Waals surface area (Å²) >= 11 is 0. The van der Waals surface area contributed by atoms with Crippen LogP contribution in [-0.4, -0.2) is 30.7 Å². The maximum absolute atomic E-state index is 4.56. The number of piperazine rings is 1. The molecule has 17 heavy (non-hydrogen) atoms. The van der Waals surface area contributed by atoms with E-state index in [4.69, 9.17) is 0 Å². The van der Waals surface area contributed by atoms with Crippen molar-refractivity contribution in [1.29, 1.82) is 0 Å². The summed E-state index contributed by atoms with van der Waals surface area (Å²) in [5, 5.41) is 3.59. The molecule has 1 N–H and O–H groups in total. The molecule has 0 bridgehead atoms. The molecule has 1 aliphatic rings. The zero-order chi connectivity index (χ0) is 12.3. The third-order valence-corrected chi connectivity index (χ3v) is 3.43. The minimum absolute atomic E-state index is 0.634. The van der Waals surface area contributed by atoms with Crippen LogP contribution in [-0.2, 0) is 0 Å². The van der Waals surface area contributed by atoms with Gasteiger partial charge in [-0.25, -0.2) is 0 Å². The Morgan fingerprint density at radius 1 is 1.41 bits per heavy atom. The Bertz CT molecular complexity index is 374. The van der Waals surface area contributed by atoms with E-state index in [0.29, 0.717) is 6.04 Å². The summed E-state index contributed by atoms with van der Waals surface area (Å²) in [5.74, 6) is 0. The van der Waals surface area contributed by atoms with Crippen LogP contribution < -0.4 is 10.2 Å². The van der Waals surface area contributed by atoms with Gasteiger partial charge in [-0.3, -0.25) is 4.98 Å². The fourth-order valence-corrected chi connectivity index (χ4v) is 2.60. The van der Waals surface area contributed by atoms with Crippen LogP contribution in [0.15, 0.2) is 12.1 Å². The Kier molecular flexibility index (Phi) is 4.00. The van der Waals surface area contributed by atoms with Crippen LogP contribution in [0.1, 0.15) is 31.2 Å². The van der Waals surface area contributed by atoms with Crippen LogP contribution in [0.3, 0.4) is 0 Å². The smallest absolute Gasteiger partial charge is 0.0608 e. The van der Waals surface area contributed by atoms with Crippen LogP contribution >= 0.6 is 0 Å². The standard InChI is InChI=1S/C14H23N3/c1-4-5-13-10-17(9-8-15-13)14-7-6-11(2)16-12(14)3/h6-7,13,15H,4-5,8-10H2,1-3H3. The molecule has 3 heteroatoms. The largest absolute Gasteiger partial charge is 0.367 e. The molecule has 1 aromatic rings. The van der Waals surface area contributed by atoms with Crippen molar-refractivity contribution in [3.8, 4) is 0 Å². The molecule has 1 aliphatic heterocycles. The molecule has 0 spiro atoms. The minimum atomic E-state index is 0.634. The normalized spacial score (nSPS) is 20.6. The average molecular weight is 233 g/mol. The van der Waals surface area contributed by atoms with Gasteiger partial charge in [-0.15, -0.1) is 0 Å². The lowest BCUT2D eigenvalue weighted by atomic mass is 10.1. The van der Waals surface area contributed by atoms with Crippen molar-refractivity contribution in [3.05, 3.63) is 23.5 Å². The highest BCUT2D eigenvalue weighted by Crippen LogP contribution is 2.20. The number of hydrogen-bond acceptors (Lipinski definition) is 3. The molecule has 1 atom stereocenters. The van der Waals surface area contributed by atoms with Crippen molar-refractivity contribution in [1.82, 2.24) is 10.3 Å².